The molecule has 0 radical (unpaired) electrons. The number of anilines is 1. The Hall–Kier alpha value is -2.38. The molecule has 4 nitrogen and oxygen atoms in total. The van der Waals surface area contributed by atoms with Crippen molar-refractivity contribution in [1.82, 2.24) is 4.98 Å². The summed E-state index contributed by atoms with van der Waals surface area (Å²) in [7, 11) is 0. The van der Waals surface area contributed by atoms with Gasteiger partial charge in [0.05, 0.1) is 18.5 Å². The molecule has 0 aliphatic heterocycles. The average Bonchev–Trinajstić information content (AvgIpc) is 2.53. The topological polar surface area (TPSA) is 65.9 Å². The van der Waals surface area contributed by atoms with Gasteiger partial charge in [0, 0.05) is 31.2 Å². The van der Waals surface area contributed by atoms with Crippen LogP contribution < -0.4 is 10.6 Å². The van der Waals surface area contributed by atoms with Gasteiger partial charge in [-0.05, 0) is 29.8 Å². The lowest BCUT2D eigenvalue weighted by atomic mass is 10.1. The van der Waals surface area contributed by atoms with E-state index in [2.05, 4.69) is 16.0 Å². The molecule has 0 bridgehead atoms. The first-order valence-electron chi connectivity index (χ1n) is 6.65. The highest BCUT2D eigenvalue weighted by atomic mass is 15.2. The summed E-state index contributed by atoms with van der Waals surface area (Å²) in [6, 6.07) is 16.3. The summed E-state index contributed by atoms with van der Waals surface area (Å²) >= 11 is 0. The molecule has 1 atom stereocenters. The molecule has 1 heterocycles. The number of hydrogen-bond donors (Lipinski definition) is 1. The Labute approximate surface area is 119 Å². The van der Waals surface area contributed by atoms with Crippen LogP contribution in [0.2, 0.25) is 0 Å². The van der Waals surface area contributed by atoms with Crippen LogP contribution in [0.1, 0.15) is 18.0 Å². The third kappa shape index (κ3) is 3.34. The molecular formula is C16H18N4. The second kappa shape index (κ2) is 7.27. The first-order chi connectivity index (χ1) is 9.86. The Morgan fingerprint density at radius 2 is 1.85 bits per heavy atom. The number of nitriles is 1. The standard InChI is InChI=1S/C16H18N4/c17-9-4-12-20(15-5-2-1-3-6-15)16(13-18)14-7-10-19-11-8-14/h1-3,5-8,10-11,16H,4,12-13,18H2. The fourth-order valence-electron chi connectivity index (χ4n) is 2.28. The van der Waals surface area contributed by atoms with Crippen LogP contribution in [0.5, 0.6) is 0 Å². The third-order valence-corrected chi connectivity index (χ3v) is 3.24. The molecule has 20 heavy (non-hydrogen) atoms. The van der Waals surface area contributed by atoms with Gasteiger partial charge in [-0.3, -0.25) is 4.98 Å². The van der Waals surface area contributed by atoms with E-state index >= 15 is 0 Å². The molecular weight excluding hydrogens is 248 g/mol. The van der Waals surface area contributed by atoms with Crippen molar-refractivity contribution in [1.29, 1.82) is 5.26 Å². The highest BCUT2D eigenvalue weighted by Crippen LogP contribution is 2.26. The number of para-hydroxylation sites is 1. The minimum absolute atomic E-state index is 0.0498. The molecule has 1 aromatic carbocycles. The van der Waals surface area contributed by atoms with Gasteiger partial charge in [-0.1, -0.05) is 18.2 Å². The van der Waals surface area contributed by atoms with Crippen LogP contribution in [0.4, 0.5) is 5.69 Å². The van der Waals surface area contributed by atoms with Crippen LogP contribution in [0.3, 0.4) is 0 Å². The average molecular weight is 266 g/mol. The maximum Gasteiger partial charge on any atom is 0.0666 e. The van der Waals surface area contributed by atoms with Crippen LogP contribution in [0.25, 0.3) is 0 Å². The SMILES string of the molecule is N#CCCN(c1ccccc1)C(CN)c1ccncc1. The molecule has 0 aliphatic rings. The largest absolute Gasteiger partial charge is 0.362 e. The maximum absolute atomic E-state index is 8.87. The van der Waals surface area contributed by atoms with Crippen LogP contribution in [0.15, 0.2) is 54.9 Å². The van der Waals surface area contributed by atoms with Gasteiger partial charge in [-0.25, -0.2) is 0 Å². The first kappa shape index (κ1) is 14.0. The molecule has 2 N–H and O–H groups in total. The smallest absolute Gasteiger partial charge is 0.0666 e. The second-order valence-electron chi connectivity index (χ2n) is 4.47. The van der Waals surface area contributed by atoms with E-state index in [1.165, 1.54) is 0 Å². The molecule has 0 saturated carbocycles. The fourth-order valence-corrected chi connectivity index (χ4v) is 2.28. The summed E-state index contributed by atoms with van der Waals surface area (Å²) in [6.45, 7) is 1.15. The lowest BCUT2D eigenvalue weighted by Crippen LogP contribution is -2.34. The fraction of sp³-hybridized carbons (Fsp3) is 0.250. The summed E-state index contributed by atoms with van der Waals surface area (Å²) in [5, 5.41) is 8.87. The second-order valence-corrected chi connectivity index (χ2v) is 4.47. The molecule has 0 amide bonds. The Morgan fingerprint density at radius 3 is 2.45 bits per heavy atom. The molecule has 4 heteroatoms. The van der Waals surface area contributed by atoms with Crippen molar-refractivity contribution >= 4 is 5.69 Å². The van der Waals surface area contributed by atoms with Crippen LogP contribution in [0, 0.1) is 11.3 Å². The molecule has 0 saturated heterocycles. The highest BCUT2D eigenvalue weighted by molar-refractivity contribution is 5.49. The molecule has 102 valence electrons. The minimum Gasteiger partial charge on any atom is -0.362 e. The Balaban J connectivity index is 2.32. The van der Waals surface area contributed by atoms with E-state index in [4.69, 9.17) is 11.0 Å². The van der Waals surface area contributed by atoms with Gasteiger partial charge >= 0.3 is 0 Å². The van der Waals surface area contributed by atoms with Gasteiger partial charge in [0.2, 0.25) is 0 Å². The van der Waals surface area contributed by atoms with E-state index in [0.717, 1.165) is 11.3 Å². The molecule has 0 aliphatic carbocycles. The van der Waals surface area contributed by atoms with Gasteiger partial charge < -0.3 is 10.6 Å². The summed E-state index contributed by atoms with van der Waals surface area (Å²) < 4.78 is 0. The Morgan fingerprint density at radius 1 is 1.15 bits per heavy atom. The number of nitrogens with zero attached hydrogens (tertiary/aromatic N) is 3. The number of hydrogen-bond acceptors (Lipinski definition) is 4. The van der Waals surface area contributed by atoms with Crippen molar-refractivity contribution < 1.29 is 0 Å². The van der Waals surface area contributed by atoms with E-state index in [1.54, 1.807) is 12.4 Å². The lowest BCUT2D eigenvalue weighted by molar-refractivity contribution is 0.631. The predicted molar refractivity (Wildman–Crippen MR) is 80.1 cm³/mol. The number of benzene rings is 1. The highest BCUT2D eigenvalue weighted by Gasteiger charge is 2.19. The van der Waals surface area contributed by atoms with E-state index in [1.807, 2.05) is 42.5 Å². The molecule has 1 aromatic heterocycles. The van der Waals surface area contributed by atoms with Gasteiger partial charge in [0.25, 0.3) is 0 Å². The monoisotopic (exact) mass is 266 g/mol. The number of nitrogens with two attached hydrogens (primary N) is 1. The molecule has 0 spiro atoms. The number of pyridine rings is 1. The van der Waals surface area contributed by atoms with Crippen molar-refractivity contribution in [2.24, 2.45) is 5.73 Å². The van der Waals surface area contributed by atoms with Crippen LogP contribution in [-0.2, 0) is 0 Å². The summed E-state index contributed by atoms with van der Waals surface area (Å²) in [4.78, 5) is 6.22. The van der Waals surface area contributed by atoms with Gasteiger partial charge in [0.15, 0.2) is 0 Å². The zero-order valence-corrected chi connectivity index (χ0v) is 11.3. The van der Waals surface area contributed by atoms with E-state index < -0.39 is 0 Å². The zero-order valence-electron chi connectivity index (χ0n) is 11.3. The number of aromatic nitrogens is 1. The molecule has 2 rings (SSSR count). The third-order valence-electron chi connectivity index (χ3n) is 3.24. The Kier molecular flexibility index (Phi) is 5.10. The summed E-state index contributed by atoms with van der Waals surface area (Å²) in [6.07, 6.45) is 4.01. The van der Waals surface area contributed by atoms with Crippen molar-refractivity contribution in [3.8, 4) is 6.07 Å². The van der Waals surface area contributed by atoms with Crippen molar-refractivity contribution in [2.75, 3.05) is 18.0 Å². The van der Waals surface area contributed by atoms with Gasteiger partial charge in [-0.15, -0.1) is 0 Å². The summed E-state index contributed by atoms with van der Waals surface area (Å²) in [5.74, 6) is 0. The minimum atomic E-state index is 0.0498. The maximum atomic E-state index is 8.87. The van der Waals surface area contributed by atoms with Crippen LogP contribution >= 0.6 is 0 Å². The summed E-state index contributed by atoms with van der Waals surface area (Å²) in [5.41, 5.74) is 8.16. The van der Waals surface area contributed by atoms with Crippen molar-refractivity contribution in [3.05, 3.63) is 60.4 Å². The van der Waals surface area contributed by atoms with Crippen molar-refractivity contribution in [3.63, 3.8) is 0 Å². The van der Waals surface area contributed by atoms with E-state index in [0.29, 0.717) is 19.5 Å². The van der Waals surface area contributed by atoms with E-state index in [9.17, 15) is 0 Å². The Bertz CT molecular complexity index is 548. The first-order valence-corrected chi connectivity index (χ1v) is 6.65. The quantitative estimate of drug-likeness (QED) is 0.872. The normalized spacial score (nSPS) is 11.6. The molecule has 2 aromatic rings. The number of rotatable bonds is 6. The van der Waals surface area contributed by atoms with Crippen molar-refractivity contribution in [2.45, 2.75) is 12.5 Å². The lowest BCUT2D eigenvalue weighted by Gasteiger charge is -2.32. The van der Waals surface area contributed by atoms with Crippen LogP contribution in [-0.4, -0.2) is 18.1 Å². The van der Waals surface area contributed by atoms with E-state index in [-0.39, 0.29) is 6.04 Å². The molecule has 1 unspecified atom stereocenters. The molecule has 0 fully saturated rings. The van der Waals surface area contributed by atoms with Gasteiger partial charge in [-0.2, -0.15) is 5.26 Å². The zero-order chi connectivity index (χ0) is 14.2. The van der Waals surface area contributed by atoms with Gasteiger partial charge in [0.1, 0.15) is 0 Å². The predicted octanol–water partition coefficient (Wildman–Crippen LogP) is 2.50.